The molecule has 2 rings (SSSR count). The first-order chi connectivity index (χ1) is 9.74. The molecule has 1 unspecified atom stereocenters. The Balaban J connectivity index is 2.12. The minimum Gasteiger partial charge on any atom is -0.444 e. The summed E-state index contributed by atoms with van der Waals surface area (Å²) in [5.41, 5.74) is 1.82. The maximum absolute atomic E-state index is 11.8. The predicted octanol–water partition coefficient (Wildman–Crippen LogP) is 3.12. The van der Waals surface area contributed by atoms with Crippen molar-refractivity contribution in [2.45, 2.75) is 39.4 Å². The molecule has 1 fully saturated rings. The van der Waals surface area contributed by atoms with Gasteiger partial charge in [-0.1, -0.05) is 12.1 Å². The second-order valence-corrected chi connectivity index (χ2v) is 5.98. The number of anilines is 1. The summed E-state index contributed by atoms with van der Waals surface area (Å²) in [6.45, 7) is 7.72. The van der Waals surface area contributed by atoms with E-state index in [1.165, 1.54) is 0 Å². The molecule has 2 N–H and O–H groups in total. The summed E-state index contributed by atoms with van der Waals surface area (Å²) >= 11 is 0. The Kier molecular flexibility index (Phi) is 4.06. The van der Waals surface area contributed by atoms with E-state index in [-0.39, 0.29) is 6.10 Å². The van der Waals surface area contributed by atoms with Crippen molar-refractivity contribution in [3.8, 4) is 0 Å². The van der Waals surface area contributed by atoms with Crippen LogP contribution in [0.1, 0.15) is 38.0 Å². The Morgan fingerprint density at radius 2 is 2.14 bits per heavy atom. The minimum atomic E-state index is -0.555. The number of hydrogen-bond donors (Lipinski definition) is 2. The summed E-state index contributed by atoms with van der Waals surface area (Å²) in [6.07, 6.45) is -1.27. The first-order valence-corrected chi connectivity index (χ1v) is 6.79. The highest BCUT2D eigenvalue weighted by atomic mass is 16.6. The van der Waals surface area contributed by atoms with Crippen molar-refractivity contribution in [2.24, 2.45) is 0 Å². The highest BCUT2D eigenvalue weighted by Gasteiger charge is 2.25. The van der Waals surface area contributed by atoms with Gasteiger partial charge in [0.05, 0.1) is 6.54 Å². The van der Waals surface area contributed by atoms with Gasteiger partial charge in [0, 0.05) is 5.69 Å². The van der Waals surface area contributed by atoms with Gasteiger partial charge in [-0.05, 0) is 44.9 Å². The average Bonchev–Trinajstić information content (AvgIpc) is 2.76. The maximum atomic E-state index is 11.8. The SMILES string of the molecule is Cc1ccc(C2CNC(=O)O2)cc1NC(=O)OC(C)(C)C. The zero-order valence-electron chi connectivity index (χ0n) is 12.6. The third-order valence-electron chi connectivity index (χ3n) is 2.95. The normalized spacial score (nSPS) is 17.9. The molecule has 0 bridgehead atoms. The summed E-state index contributed by atoms with van der Waals surface area (Å²) in [7, 11) is 0. The van der Waals surface area contributed by atoms with Crippen LogP contribution in [-0.2, 0) is 9.47 Å². The number of rotatable bonds is 2. The molecular formula is C15H20N2O4. The largest absolute Gasteiger partial charge is 0.444 e. The van der Waals surface area contributed by atoms with Gasteiger partial charge in [-0.25, -0.2) is 9.59 Å². The van der Waals surface area contributed by atoms with Crippen LogP contribution in [0.4, 0.5) is 15.3 Å². The van der Waals surface area contributed by atoms with E-state index in [1.807, 2.05) is 19.1 Å². The lowest BCUT2D eigenvalue weighted by atomic mass is 10.1. The molecule has 0 saturated carbocycles. The van der Waals surface area contributed by atoms with E-state index in [1.54, 1.807) is 26.8 Å². The average molecular weight is 292 g/mol. The zero-order chi connectivity index (χ0) is 15.6. The van der Waals surface area contributed by atoms with E-state index in [9.17, 15) is 9.59 Å². The van der Waals surface area contributed by atoms with Gasteiger partial charge in [-0.15, -0.1) is 0 Å². The highest BCUT2D eigenvalue weighted by molar-refractivity contribution is 5.86. The van der Waals surface area contributed by atoms with Crippen molar-refractivity contribution < 1.29 is 19.1 Å². The Morgan fingerprint density at radius 1 is 1.43 bits per heavy atom. The first kappa shape index (κ1) is 15.2. The Hall–Kier alpha value is -2.24. The van der Waals surface area contributed by atoms with E-state index in [0.717, 1.165) is 11.1 Å². The number of amides is 2. The van der Waals surface area contributed by atoms with Crippen molar-refractivity contribution >= 4 is 17.9 Å². The van der Waals surface area contributed by atoms with Gasteiger partial charge in [0.1, 0.15) is 11.7 Å². The first-order valence-electron chi connectivity index (χ1n) is 6.79. The van der Waals surface area contributed by atoms with E-state index < -0.39 is 17.8 Å². The molecule has 6 nitrogen and oxygen atoms in total. The lowest BCUT2D eigenvalue weighted by molar-refractivity contribution is 0.0635. The molecule has 1 aliphatic heterocycles. The molecule has 1 aromatic rings. The smallest absolute Gasteiger partial charge is 0.412 e. The molecule has 1 saturated heterocycles. The molecule has 21 heavy (non-hydrogen) atoms. The zero-order valence-corrected chi connectivity index (χ0v) is 12.6. The molecule has 1 aliphatic rings. The van der Waals surface area contributed by atoms with Gasteiger partial charge >= 0.3 is 12.2 Å². The van der Waals surface area contributed by atoms with Crippen LogP contribution >= 0.6 is 0 Å². The van der Waals surface area contributed by atoms with Crippen LogP contribution < -0.4 is 10.6 Å². The van der Waals surface area contributed by atoms with Crippen molar-refractivity contribution in [3.63, 3.8) is 0 Å². The van der Waals surface area contributed by atoms with E-state index >= 15 is 0 Å². The molecule has 0 radical (unpaired) electrons. The number of carbonyl (C=O) groups excluding carboxylic acids is 2. The third kappa shape index (κ3) is 4.11. The van der Waals surface area contributed by atoms with Crippen LogP contribution in [0.15, 0.2) is 18.2 Å². The standard InChI is InChI=1S/C15H20N2O4/c1-9-5-6-10(12-8-16-13(18)20-12)7-11(9)17-14(19)21-15(2,3)4/h5-7,12H,8H2,1-4H3,(H,16,18)(H,17,19). The van der Waals surface area contributed by atoms with Crippen LogP contribution in [-0.4, -0.2) is 24.3 Å². The highest BCUT2D eigenvalue weighted by Crippen LogP contribution is 2.26. The number of aryl methyl sites for hydroxylation is 1. The van der Waals surface area contributed by atoms with Crippen molar-refractivity contribution in [3.05, 3.63) is 29.3 Å². The predicted molar refractivity (Wildman–Crippen MR) is 78.3 cm³/mol. The van der Waals surface area contributed by atoms with Crippen molar-refractivity contribution in [1.82, 2.24) is 5.32 Å². The third-order valence-corrected chi connectivity index (χ3v) is 2.95. The summed E-state index contributed by atoms with van der Waals surface area (Å²) < 4.78 is 10.4. The van der Waals surface area contributed by atoms with Crippen LogP contribution in [0.2, 0.25) is 0 Å². The van der Waals surface area contributed by atoms with Crippen LogP contribution in [0, 0.1) is 6.92 Å². The fourth-order valence-electron chi connectivity index (χ4n) is 1.96. The lowest BCUT2D eigenvalue weighted by Gasteiger charge is -2.20. The summed E-state index contributed by atoms with van der Waals surface area (Å²) in [5, 5.41) is 5.32. The fraction of sp³-hybridized carbons (Fsp3) is 0.467. The number of cyclic esters (lactones) is 1. The molecule has 2 amide bonds. The topological polar surface area (TPSA) is 76.7 Å². The summed E-state index contributed by atoms with van der Waals surface area (Å²) in [6, 6.07) is 5.54. The van der Waals surface area contributed by atoms with Crippen LogP contribution in [0.25, 0.3) is 0 Å². The van der Waals surface area contributed by atoms with Gasteiger partial charge in [0.2, 0.25) is 0 Å². The van der Waals surface area contributed by atoms with Gasteiger partial charge < -0.3 is 14.8 Å². The van der Waals surface area contributed by atoms with Gasteiger partial charge in [0.15, 0.2) is 0 Å². The summed E-state index contributed by atoms with van der Waals surface area (Å²) in [5.74, 6) is 0. The quantitative estimate of drug-likeness (QED) is 0.878. The number of benzene rings is 1. The van der Waals surface area contributed by atoms with Crippen LogP contribution in [0.3, 0.4) is 0 Å². The van der Waals surface area contributed by atoms with Crippen molar-refractivity contribution in [1.29, 1.82) is 0 Å². The molecule has 114 valence electrons. The molecule has 1 aromatic carbocycles. The van der Waals surface area contributed by atoms with E-state index in [2.05, 4.69) is 10.6 Å². The molecule has 0 aliphatic carbocycles. The molecular weight excluding hydrogens is 272 g/mol. The molecule has 0 aromatic heterocycles. The Bertz CT molecular complexity index is 563. The summed E-state index contributed by atoms with van der Waals surface area (Å²) in [4.78, 5) is 22.9. The second-order valence-electron chi connectivity index (χ2n) is 5.98. The number of nitrogens with one attached hydrogen (secondary N) is 2. The second kappa shape index (κ2) is 5.63. The maximum Gasteiger partial charge on any atom is 0.412 e. The van der Waals surface area contributed by atoms with E-state index in [0.29, 0.717) is 12.2 Å². The monoisotopic (exact) mass is 292 g/mol. The molecule has 0 spiro atoms. The van der Waals surface area contributed by atoms with Gasteiger partial charge in [-0.2, -0.15) is 0 Å². The minimum absolute atomic E-state index is 0.336. The van der Waals surface area contributed by atoms with E-state index in [4.69, 9.17) is 9.47 Å². The Labute approximate surface area is 123 Å². The molecule has 6 heteroatoms. The number of ether oxygens (including phenoxy) is 2. The molecule has 1 atom stereocenters. The number of alkyl carbamates (subject to hydrolysis) is 1. The van der Waals surface area contributed by atoms with Gasteiger partial charge in [-0.3, -0.25) is 5.32 Å². The molecule has 1 heterocycles. The number of carbonyl (C=O) groups is 2. The van der Waals surface area contributed by atoms with Gasteiger partial charge in [0.25, 0.3) is 0 Å². The fourth-order valence-corrected chi connectivity index (χ4v) is 1.96. The Morgan fingerprint density at radius 3 is 2.71 bits per heavy atom. The van der Waals surface area contributed by atoms with Crippen LogP contribution in [0.5, 0.6) is 0 Å². The number of hydrogen-bond acceptors (Lipinski definition) is 4. The van der Waals surface area contributed by atoms with Crippen molar-refractivity contribution in [2.75, 3.05) is 11.9 Å². The lowest BCUT2D eigenvalue weighted by Crippen LogP contribution is -2.27.